The Kier molecular flexibility index (Phi) is 5.68. The molecule has 0 N–H and O–H groups in total. The van der Waals surface area contributed by atoms with Crippen LogP contribution in [0.4, 0.5) is 0 Å². The minimum Gasteiger partial charge on any atom is -0.492 e. The average molecular weight is 358 g/mol. The SMILES string of the molecule is CC(c1nnc(-c2ccccc2)o1)N(C)CCOc1ccc(Cl)cc1. The second kappa shape index (κ2) is 8.14. The lowest BCUT2D eigenvalue weighted by molar-refractivity contribution is 0.182. The fraction of sp³-hybridized carbons (Fsp3) is 0.263. The fourth-order valence-electron chi connectivity index (χ4n) is 2.32. The lowest BCUT2D eigenvalue weighted by Crippen LogP contribution is -2.27. The molecule has 3 aromatic rings. The highest BCUT2D eigenvalue weighted by molar-refractivity contribution is 6.30. The zero-order valence-electron chi connectivity index (χ0n) is 14.2. The molecule has 6 heteroatoms. The van der Waals surface area contributed by atoms with E-state index >= 15 is 0 Å². The quantitative estimate of drug-likeness (QED) is 0.624. The van der Waals surface area contributed by atoms with Crippen LogP contribution in [0.2, 0.25) is 5.02 Å². The molecule has 0 bridgehead atoms. The maximum absolute atomic E-state index is 5.86. The Morgan fingerprint density at radius 3 is 2.52 bits per heavy atom. The normalized spacial score (nSPS) is 12.3. The summed E-state index contributed by atoms with van der Waals surface area (Å²) in [5.41, 5.74) is 0.919. The molecule has 0 saturated heterocycles. The number of aromatic nitrogens is 2. The number of halogens is 1. The Morgan fingerprint density at radius 2 is 1.80 bits per heavy atom. The molecule has 1 aromatic heterocycles. The Labute approximate surface area is 152 Å². The number of hydrogen-bond acceptors (Lipinski definition) is 5. The van der Waals surface area contributed by atoms with Crippen molar-refractivity contribution in [2.75, 3.05) is 20.2 Å². The Morgan fingerprint density at radius 1 is 1.08 bits per heavy atom. The van der Waals surface area contributed by atoms with E-state index < -0.39 is 0 Å². The first-order chi connectivity index (χ1) is 12.1. The van der Waals surface area contributed by atoms with E-state index in [1.54, 1.807) is 0 Å². The number of likely N-dealkylation sites (N-methyl/N-ethyl adjacent to an activating group) is 1. The van der Waals surface area contributed by atoms with Gasteiger partial charge in [-0.2, -0.15) is 0 Å². The molecule has 0 radical (unpaired) electrons. The van der Waals surface area contributed by atoms with Crippen molar-refractivity contribution >= 4 is 11.6 Å². The van der Waals surface area contributed by atoms with Crippen molar-refractivity contribution in [3.63, 3.8) is 0 Å². The van der Waals surface area contributed by atoms with Crippen molar-refractivity contribution in [2.45, 2.75) is 13.0 Å². The first kappa shape index (κ1) is 17.5. The van der Waals surface area contributed by atoms with Crippen LogP contribution in [0.15, 0.2) is 59.0 Å². The van der Waals surface area contributed by atoms with E-state index in [1.807, 2.05) is 68.6 Å². The molecule has 1 atom stereocenters. The van der Waals surface area contributed by atoms with Gasteiger partial charge in [-0.15, -0.1) is 10.2 Å². The molecule has 3 rings (SSSR count). The molecular weight excluding hydrogens is 338 g/mol. The summed E-state index contributed by atoms with van der Waals surface area (Å²) in [6, 6.07) is 17.1. The van der Waals surface area contributed by atoms with Gasteiger partial charge in [-0.1, -0.05) is 29.8 Å². The molecule has 0 fully saturated rings. The molecule has 0 amide bonds. The van der Waals surface area contributed by atoms with E-state index in [0.29, 0.717) is 23.4 Å². The summed E-state index contributed by atoms with van der Waals surface area (Å²) in [7, 11) is 2.00. The van der Waals surface area contributed by atoms with Gasteiger partial charge in [0.15, 0.2) is 0 Å². The summed E-state index contributed by atoms with van der Waals surface area (Å²) in [5, 5.41) is 9.01. The maximum atomic E-state index is 5.86. The fourth-order valence-corrected chi connectivity index (χ4v) is 2.45. The molecule has 1 heterocycles. The van der Waals surface area contributed by atoms with Gasteiger partial charge in [0.1, 0.15) is 12.4 Å². The highest BCUT2D eigenvalue weighted by atomic mass is 35.5. The molecule has 0 spiro atoms. The minimum atomic E-state index is -0.00113. The Hall–Kier alpha value is -2.37. The lowest BCUT2D eigenvalue weighted by atomic mass is 10.2. The highest BCUT2D eigenvalue weighted by Crippen LogP contribution is 2.23. The van der Waals surface area contributed by atoms with E-state index in [0.717, 1.165) is 17.9 Å². The first-order valence-corrected chi connectivity index (χ1v) is 8.48. The number of ether oxygens (including phenoxy) is 1. The molecule has 1 unspecified atom stereocenters. The number of hydrogen-bond donors (Lipinski definition) is 0. The Bertz CT molecular complexity index is 790. The maximum Gasteiger partial charge on any atom is 0.247 e. The van der Waals surface area contributed by atoms with Crippen LogP contribution in [0.3, 0.4) is 0 Å². The highest BCUT2D eigenvalue weighted by Gasteiger charge is 2.19. The van der Waals surface area contributed by atoms with Crippen LogP contribution in [-0.4, -0.2) is 35.3 Å². The van der Waals surface area contributed by atoms with E-state index in [-0.39, 0.29) is 6.04 Å². The van der Waals surface area contributed by atoms with Gasteiger partial charge in [-0.3, -0.25) is 4.90 Å². The van der Waals surface area contributed by atoms with Crippen LogP contribution < -0.4 is 4.74 Å². The second-order valence-electron chi connectivity index (χ2n) is 5.77. The first-order valence-electron chi connectivity index (χ1n) is 8.11. The van der Waals surface area contributed by atoms with Gasteiger partial charge >= 0.3 is 0 Å². The third kappa shape index (κ3) is 4.59. The molecule has 0 aliphatic heterocycles. The van der Waals surface area contributed by atoms with Gasteiger partial charge in [-0.05, 0) is 50.4 Å². The molecule has 5 nitrogen and oxygen atoms in total. The topological polar surface area (TPSA) is 51.4 Å². The molecule has 25 heavy (non-hydrogen) atoms. The molecular formula is C19H20ClN3O2. The van der Waals surface area contributed by atoms with Crippen LogP contribution in [0.5, 0.6) is 5.75 Å². The van der Waals surface area contributed by atoms with Gasteiger partial charge in [0.05, 0.1) is 6.04 Å². The largest absolute Gasteiger partial charge is 0.492 e. The summed E-state index contributed by atoms with van der Waals surface area (Å²) in [4.78, 5) is 2.11. The average Bonchev–Trinajstić information content (AvgIpc) is 3.13. The molecule has 0 aliphatic rings. The minimum absolute atomic E-state index is 0.00113. The van der Waals surface area contributed by atoms with Crippen molar-refractivity contribution in [3.8, 4) is 17.2 Å². The van der Waals surface area contributed by atoms with E-state index in [2.05, 4.69) is 15.1 Å². The van der Waals surface area contributed by atoms with Crippen molar-refractivity contribution in [1.82, 2.24) is 15.1 Å². The zero-order valence-corrected chi connectivity index (χ0v) is 15.0. The summed E-state index contributed by atoms with van der Waals surface area (Å²) in [6.45, 7) is 3.32. The Balaban J connectivity index is 1.54. The van der Waals surface area contributed by atoms with Crippen LogP contribution in [-0.2, 0) is 0 Å². The van der Waals surface area contributed by atoms with Gasteiger partial charge in [0.25, 0.3) is 0 Å². The molecule has 0 aliphatic carbocycles. The number of nitrogens with zero attached hydrogens (tertiary/aromatic N) is 3. The third-order valence-electron chi connectivity index (χ3n) is 4.01. The van der Waals surface area contributed by atoms with Crippen molar-refractivity contribution in [2.24, 2.45) is 0 Å². The summed E-state index contributed by atoms with van der Waals surface area (Å²) in [6.07, 6.45) is 0. The van der Waals surface area contributed by atoms with Gasteiger partial charge in [0.2, 0.25) is 11.8 Å². The van der Waals surface area contributed by atoms with Crippen molar-refractivity contribution < 1.29 is 9.15 Å². The smallest absolute Gasteiger partial charge is 0.247 e. The summed E-state index contributed by atoms with van der Waals surface area (Å²) in [5.74, 6) is 1.93. The molecule has 130 valence electrons. The summed E-state index contributed by atoms with van der Waals surface area (Å²) < 4.78 is 11.5. The van der Waals surface area contributed by atoms with Gasteiger partial charge < -0.3 is 9.15 Å². The monoisotopic (exact) mass is 357 g/mol. The predicted octanol–water partition coefficient (Wildman–Crippen LogP) is 4.46. The van der Waals surface area contributed by atoms with Gasteiger partial charge in [0, 0.05) is 17.1 Å². The van der Waals surface area contributed by atoms with Crippen molar-refractivity contribution in [3.05, 3.63) is 65.5 Å². The van der Waals surface area contributed by atoms with Crippen LogP contribution >= 0.6 is 11.6 Å². The van der Waals surface area contributed by atoms with Crippen molar-refractivity contribution in [1.29, 1.82) is 0 Å². The van der Waals surface area contributed by atoms with E-state index in [1.165, 1.54) is 0 Å². The zero-order chi connectivity index (χ0) is 17.6. The third-order valence-corrected chi connectivity index (χ3v) is 4.26. The molecule has 2 aromatic carbocycles. The predicted molar refractivity (Wildman–Crippen MR) is 97.7 cm³/mol. The number of rotatable bonds is 7. The van der Waals surface area contributed by atoms with E-state index in [4.69, 9.17) is 20.8 Å². The lowest BCUT2D eigenvalue weighted by Gasteiger charge is -2.21. The van der Waals surface area contributed by atoms with Crippen LogP contribution in [0, 0.1) is 0 Å². The number of benzene rings is 2. The molecule has 0 saturated carbocycles. The van der Waals surface area contributed by atoms with Crippen LogP contribution in [0.25, 0.3) is 11.5 Å². The summed E-state index contributed by atoms with van der Waals surface area (Å²) >= 11 is 5.86. The van der Waals surface area contributed by atoms with Crippen LogP contribution in [0.1, 0.15) is 18.9 Å². The van der Waals surface area contributed by atoms with E-state index in [9.17, 15) is 0 Å². The standard InChI is InChI=1S/C19H20ClN3O2/c1-14(18-21-22-19(25-18)15-6-4-3-5-7-15)23(2)12-13-24-17-10-8-16(20)9-11-17/h3-11,14H,12-13H2,1-2H3. The second-order valence-corrected chi connectivity index (χ2v) is 6.21. The van der Waals surface area contributed by atoms with Gasteiger partial charge in [-0.25, -0.2) is 0 Å².